The molecule has 1 aliphatic heterocycles. The van der Waals surface area contributed by atoms with E-state index in [-0.39, 0.29) is 31.0 Å². The van der Waals surface area contributed by atoms with Gasteiger partial charge in [-0.1, -0.05) is 72.8 Å². The highest BCUT2D eigenvalue weighted by molar-refractivity contribution is 6.01. The van der Waals surface area contributed by atoms with Crippen molar-refractivity contribution < 1.29 is 28.7 Å². The van der Waals surface area contributed by atoms with Crippen molar-refractivity contribution in [3.05, 3.63) is 102 Å². The zero-order valence-electron chi connectivity index (χ0n) is 25.9. The van der Waals surface area contributed by atoms with E-state index in [0.29, 0.717) is 25.1 Å². The molecule has 3 aromatic rings. The smallest absolute Gasteiger partial charge is 0.255 e. The van der Waals surface area contributed by atoms with Crippen LogP contribution in [0.4, 0.5) is 0 Å². The quantitative estimate of drug-likeness (QED) is 0.253. The zero-order chi connectivity index (χ0) is 32.7. The standard InChI is InChI=1S/C35H41N5O6/c1-24-32(42)39-28(22-26-14-6-3-7-15-26)34(44)37-20-11-21-46-30-18-9-8-17-27(30)33(43)40-29(23-31(41)38-24)35(45)36-19-10-16-25-12-4-2-5-13-25/h2-9,12-15,17-18,24,28-29H,10-11,16,19-23H2,1H3,(H,36,45)(H,37,44)(H,38,41)(H,39,42)(H,40,43)/t24-,28-,29-/m0/s1. The van der Waals surface area contributed by atoms with Gasteiger partial charge in [-0.25, -0.2) is 0 Å². The van der Waals surface area contributed by atoms with Crippen LogP contribution in [0.25, 0.3) is 0 Å². The van der Waals surface area contributed by atoms with Crippen molar-refractivity contribution in [3.63, 3.8) is 0 Å². The number of carbonyl (C=O) groups excluding carboxylic acids is 5. The van der Waals surface area contributed by atoms with E-state index in [0.717, 1.165) is 17.5 Å². The molecule has 11 heteroatoms. The number of aryl methyl sites for hydroxylation is 1. The highest BCUT2D eigenvalue weighted by Gasteiger charge is 2.29. The van der Waals surface area contributed by atoms with Crippen LogP contribution in [0.5, 0.6) is 5.75 Å². The van der Waals surface area contributed by atoms with Crippen LogP contribution in [0.15, 0.2) is 84.9 Å². The number of carbonyl (C=O) groups is 5. The normalized spacial score (nSPS) is 19.9. The van der Waals surface area contributed by atoms with Crippen LogP contribution in [0.3, 0.4) is 0 Å². The lowest BCUT2D eigenvalue weighted by Crippen LogP contribution is -2.55. The summed E-state index contributed by atoms with van der Waals surface area (Å²) in [6.07, 6.45) is 1.69. The van der Waals surface area contributed by atoms with E-state index in [4.69, 9.17) is 4.74 Å². The Morgan fingerprint density at radius 1 is 0.826 bits per heavy atom. The lowest BCUT2D eigenvalue weighted by molar-refractivity contribution is -0.132. The number of ether oxygens (including phenoxy) is 1. The van der Waals surface area contributed by atoms with Gasteiger partial charge in [0.2, 0.25) is 23.6 Å². The number of benzene rings is 3. The lowest BCUT2D eigenvalue weighted by atomic mass is 10.0. The molecular formula is C35H41N5O6. The predicted molar refractivity (Wildman–Crippen MR) is 173 cm³/mol. The third-order valence-electron chi connectivity index (χ3n) is 7.49. The Hall–Kier alpha value is -5.19. The molecule has 1 heterocycles. The van der Waals surface area contributed by atoms with Crippen LogP contribution in [-0.4, -0.2) is 67.4 Å². The Morgan fingerprint density at radius 2 is 1.50 bits per heavy atom. The van der Waals surface area contributed by atoms with E-state index >= 15 is 0 Å². The molecule has 0 unspecified atom stereocenters. The molecule has 0 bridgehead atoms. The number of hydrogen-bond donors (Lipinski definition) is 5. The molecule has 242 valence electrons. The van der Waals surface area contributed by atoms with Gasteiger partial charge in [-0.05, 0) is 49.4 Å². The van der Waals surface area contributed by atoms with Crippen LogP contribution in [0.2, 0.25) is 0 Å². The minimum absolute atomic E-state index is 0.199. The van der Waals surface area contributed by atoms with Crippen molar-refractivity contribution in [2.75, 3.05) is 19.7 Å². The highest BCUT2D eigenvalue weighted by atomic mass is 16.5. The number of para-hydroxylation sites is 1. The minimum Gasteiger partial charge on any atom is -0.493 e. The van der Waals surface area contributed by atoms with Gasteiger partial charge in [-0.15, -0.1) is 0 Å². The van der Waals surface area contributed by atoms with E-state index in [2.05, 4.69) is 26.6 Å². The first-order chi connectivity index (χ1) is 22.3. The maximum Gasteiger partial charge on any atom is 0.255 e. The van der Waals surface area contributed by atoms with Gasteiger partial charge in [0.15, 0.2) is 0 Å². The number of hydrogen-bond acceptors (Lipinski definition) is 6. The molecule has 4 rings (SSSR count). The van der Waals surface area contributed by atoms with Crippen molar-refractivity contribution in [1.82, 2.24) is 26.6 Å². The van der Waals surface area contributed by atoms with Gasteiger partial charge in [0.05, 0.1) is 18.6 Å². The van der Waals surface area contributed by atoms with Gasteiger partial charge in [-0.3, -0.25) is 24.0 Å². The molecule has 0 radical (unpaired) electrons. The summed E-state index contributed by atoms with van der Waals surface area (Å²) in [5.41, 5.74) is 2.19. The summed E-state index contributed by atoms with van der Waals surface area (Å²) in [4.78, 5) is 66.0. The Labute approximate surface area is 268 Å². The maximum atomic E-state index is 13.4. The predicted octanol–water partition coefficient (Wildman–Crippen LogP) is 2.06. The Balaban J connectivity index is 1.49. The largest absolute Gasteiger partial charge is 0.493 e. The second-order valence-corrected chi connectivity index (χ2v) is 11.1. The number of rotatable bonds is 7. The summed E-state index contributed by atoms with van der Waals surface area (Å²) in [6, 6.07) is 22.6. The third-order valence-corrected chi connectivity index (χ3v) is 7.49. The van der Waals surface area contributed by atoms with E-state index in [1.54, 1.807) is 24.3 Å². The molecule has 46 heavy (non-hydrogen) atoms. The van der Waals surface area contributed by atoms with E-state index in [9.17, 15) is 24.0 Å². The van der Waals surface area contributed by atoms with Crippen molar-refractivity contribution in [3.8, 4) is 5.75 Å². The Bertz CT molecular complexity index is 1480. The summed E-state index contributed by atoms with van der Waals surface area (Å²) in [7, 11) is 0. The summed E-state index contributed by atoms with van der Waals surface area (Å²) >= 11 is 0. The second-order valence-electron chi connectivity index (χ2n) is 11.1. The van der Waals surface area contributed by atoms with E-state index in [1.807, 2.05) is 60.7 Å². The van der Waals surface area contributed by atoms with Gasteiger partial charge in [0, 0.05) is 19.5 Å². The average Bonchev–Trinajstić information content (AvgIpc) is 3.06. The molecule has 0 saturated heterocycles. The fourth-order valence-electron chi connectivity index (χ4n) is 4.99. The molecule has 3 aromatic carbocycles. The second kappa shape index (κ2) is 17.3. The van der Waals surface area contributed by atoms with Crippen molar-refractivity contribution in [2.45, 2.75) is 57.2 Å². The van der Waals surface area contributed by atoms with Crippen LogP contribution >= 0.6 is 0 Å². The lowest BCUT2D eigenvalue weighted by Gasteiger charge is -2.23. The van der Waals surface area contributed by atoms with Gasteiger partial charge >= 0.3 is 0 Å². The van der Waals surface area contributed by atoms with Crippen LogP contribution in [0.1, 0.15) is 47.7 Å². The van der Waals surface area contributed by atoms with Crippen molar-refractivity contribution in [2.24, 2.45) is 0 Å². The molecule has 0 aromatic heterocycles. The van der Waals surface area contributed by atoms with Gasteiger partial charge in [0.25, 0.3) is 5.91 Å². The summed E-state index contributed by atoms with van der Waals surface area (Å²) in [5.74, 6) is -2.36. The molecule has 0 aliphatic carbocycles. The molecule has 0 spiro atoms. The molecule has 3 atom stereocenters. The van der Waals surface area contributed by atoms with E-state index in [1.165, 1.54) is 6.92 Å². The SMILES string of the molecule is C[C@@H]1NC(=O)C[C@@H](C(=O)NCCCc2ccccc2)NC(=O)c2ccccc2OCCCNC(=O)[C@H](Cc2ccccc2)NC1=O. The summed E-state index contributed by atoms with van der Waals surface area (Å²) < 4.78 is 5.87. The molecular weight excluding hydrogens is 586 g/mol. The number of nitrogens with one attached hydrogen (secondary N) is 5. The summed E-state index contributed by atoms with van der Waals surface area (Å²) in [5, 5.41) is 13.7. The van der Waals surface area contributed by atoms with Crippen LogP contribution in [0, 0.1) is 0 Å². The first-order valence-electron chi connectivity index (χ1n) is 15.6. The molecule has 1 aliphatic rings. The third kappa shape index (κ3) is 10.5. The molecule has 0 saturated carbocycles. The van der Waals surface area contributed by atoms with Gasteiger partial charge in [-0.2, -0.15) is 0 Å². The maximum absolute atomic E-state index is 13.4. The average molecular weight is 628 g/mol. The molecule has 0 fully saturated rings. The monoisotopic (exact) mass is 627 g/mol. The Kier molecular flexibility index (Phi) is 12.7. The minimum atomic E-state index is -1.22. The first-order valence-corrected chi connectivity index (χ1v) is 15.6. The number of fused-ring (bicyclic) bond motifs is 1. The van der Waals surface area contributed by atoms with Crippen molar-refractivity contribution in [1.29, 1.82) is 0 Å². The van der Waals surface area contributed by atoms with E-state index < -0.39 is 48.2 Å². The summed E-state index contributed by atoms with van der Waals surface area (Å²) in [6.45, 7) is 2.30. The van der Waals surface area contributed by atoms with Gasteiger partial charge in [0.1, 0.15) is 23.9 Å². The molecule has 11 nitrogen and oxygen atoms in total. The Morgan fingerprint density at radius 3 is 2.24 bits per heavy atom. The fraction of sp³-hybridized carbons (Fsp3) is 0.343. The molecule has 5 N–H and O–H groups in total. The first kappa shape index (κ1) is 33.7. The zero-order valence-corrected chi connectivity index (χ0v) is 25.9. The van der Waals surface area contributed by atoms with Crippen molar-refractivity contribution >= 4 is 29.5 Å². The highest BCUT2D eigenvalue weighted by Crippen LogP contribution is 2.18. The van der Waals surface area contributed by atoms with Crippen LogP contribution in [-0.2, 0) is 32.0 Å². The fourth-order valence-corrected chi connectivity index (χ4v) is 4.99. The number of amides is 5. The topological polar surface area (TPSA) is 155 Å². The molecule has 5 amide bonds. The van der Waals surface area contributed by atoms with Crippen LogP contribution < -0.4 is 31.3 Å². The van der Waals surface area contributed by atoms with Gasteiger partial charge < -0.3 is 31.3 Å².